The molecule has 3 aromatic heterocycles. The van der Waals surface area contributed by atoms with Crippen molar-refractivity contribution in [3.8, 4) is 28.7 Å². The van der Waals surface area contributed by atoms with Gasteiger partial charge in [-0.3, -0.25) is 0 Å². The van der Waals surface area contributed by atoms with Crippen LogP contribution in [0.15, 0.2) is 35.0 Å². The number of aromatic nitrogens is 5. The van der Waals surface area contributed by atoms with Gasteiger partial charge < -0.3 is 14.4 Å². The van der Waals surface area contributed by atoms with Crippen molar-refractivity contribution in [2.45, 2.75) is 19.2 Å². The van der Waals surface area contributed by atoms with Crippen LogP contribution in [0.25, 0.3) is 28.6 Å². The molecule has 0 aliphatic rings. The normalized spacial score (nSPS) is 13.0. The summed E-state index contributed by atoms with van der Waals surface area (Å²) in [6, 6.07) is 4.93. The Morgan fingerprint density at radius 2 is 1.97 bits per heavy atom. The number of benzene rings is 1. The molecule has 0 aliphatic heterocycles. The van der Waals surface area contributed by atoms with Crippen LogP contribution in [0.3, 0.4) is 0 Å². The van der Waals surface area contributed by atoms with Crippen molar-refractivity contribution in [2.75, 3.05) is 6.61 Å². The second kappa shape index (κ2) is 7.98. The van der Waals surface area contributed by atoms with Gasteiger partial charge in [0.1, 0.15) is 17.5 Å². The molecule has 0 amide bonds. The van der Waals surface area contributed by atoms with Crippen LogP contribution in [0.4, 0.5) is 13.2 Å². The molecule has 8 nitrogen and oxygen atoms in total. The zero-order valence-corrected chi connectivity index (χ0v) is 17.1. The van der Waals surface area contributed by atoms with Gasteiger partial charge in [-0.05, 0) is 25.1 Å². The smallest absolute Gasteiger partial charge is 0.435 e. The Balaban J connectivity index is 1.66. The van der Waals surface area contributed by atoms with E-state index in [2.05, 4.69) is 20.2 Å². The van der Waals surface area contributed by atoms with Gasteiger partial charge in [0.05, 0.1) is 22.8 Å². The molecule has 1 aromatic carbocycles. The molecule has 162 valence electrons. The second-order valence-corrected chi connectivity index (χ2v) is 7.26. The van der Waals surface area contributed by atoms with Crippen LogP contribution in [-0.2, 0) is 6.18 Å². The summed E-state index contributed by atoms with van der Waals surface area (Å²) >= 11 is 12.5. The third-order valence-corrected chi connectivity index (χ3v) is 4.71. The number of imidazole rings is 1. The third kappa shape index (κ3) is 4.29. The maximum Gasteiger partial charge on any atom is 0.435 e. The number of aliphatic hydroxyl groups is 1. The molecule has 0 spiro atoms. The van der Waals surface area contributed by atoms with Crippen molar-refractivity contribution in [2.24, 2.45) is 0 Å². The summed E-state index contributed by atoms with van der Waals surface area (Å²) in [6.07, 6.45) is -3.83. The predicted molar refractivity (Wildman–Crippen MR) is 104 cm³/mol. The number of hydrogen-bond acceptors (Lipinski definition) is 7. The lowest BCUT2D eigenvalue weighted by atomic mass is 10.2. The Bertz CT molecular complexity index is 1260. The maximum atomic E-state index is 12.8. The van der Waals surface area contributed by atoms with Crippen LogP contribution in [0, 0.1) is 0 Å². The monoisotopic (exact) mass is 473 g/mol. The summed E-state index contributed by atoms with van der Waals surface area (Å²) in [7, 11) is 0. The first-order valence-corrected chi connectivity index (χ1v) is 9.46. The number of ether oxygens (including phenoxy) is 1. The van der Waals surface area contributed by atoms with E-state index in [1.807, 2.05) is 0 Å². The zero-order chi connectivity index (χ0) is 22.3. The lowest BCUT2D eigenvalue weighted by molar-refractivity contribution is -0.141. The van der Waals surface area contributed by atoms with Gasteiger partial charge in [0, 0.05) is 11.6 Å². The Morgan fingerprint density at radius 1 is 1.19 bits per heavy atom. The molecule has 31 heavy (non-hydrogen) atoms. The van der Waals surface area contributed by atoms with E-state index < -0.39 is 18.0 Å². The van der Waals surface area contributed by atoms with Gasteiger partial charge in [-0.2, -0.15) is 23.3 Å². The van der Waals surface area contributed by atoms with Gasteiger partial charge in [0.15, 0.2) is 11.3 Å². The average Bonchev–Trinajstić information content (AvgIpc) is 3.35. The molecule has 4 rings (SSSR count). The number of rotatable bonds is 5. The molecule has 0 saturated carbocycles. The summed E-state index contributed by atoms with van der Waals surface area (Å²) in [4.78, 5) is 8.34. The van der Waals surface area contributed by atoms with Gasteiger partial charge in [-0.1, -0.05) is 28.4 Å². The first kappa shape index (κ1) is 21.3. The second-order valence-electron chi connectivity index (χ2n) is 6.44. The number of halogens is 5. The quantitative estimate of drug-likeness (QED) is 0.454. The molecule has 0 radical (unpaired) electrons. The highest BCUT2D eigenvalue weighted by Crippen LogP contribution is 2.37. The van der Waals surface area contributed by atoms with Crippen LogP contribution in [0.1, 0.15) is 12.6 Å². The summed E-state index contributed by atoms with van der Waals surface area (Å²) in [6.45, 7) is 1.45. The fraction of sp³-hybridized carbons (Fsp3) is 0.222. The number of fused-ring (bicyclic) bond motifs is 1. The van der Waals surface area contributed by atoms with Crippen LogP contribution < -0.4 is 4.74 Å². The summed E-state index contributed by atoms with van der Waals surface area (Å²) in [5, 5.41) is 16.9. The highest BCUT2D eigenvalue weighted by molar-refractivity contribution is 6.36. The van der Waals surface area contributed by atoms with Crippen LogP contribution >= 0.6 is 23.2 Å². The van der Waals surface area contributed by atoms with E-state index in [9.17, 15) is 13.2 Å². The molecular weight excluding hydrogens is 462 g/mol. The van der Waals surface area contributed by atoms with Crippen LogP contribution in [0.5, 0.6) is 5.75 Å². The van der Waals surface area contributed by atoms with Gasteiger partial charge in [-0.25, -0.2) is 9.50 Å². The van der Waals surface area contributed by atoms with E-state index in [1.54, 1.807) is 6.92 Å². The summed E-state index contributed by atoms with van der Waals surface area (Å²) in [5.74, 6) is 0.313. The standard InChI is InChI=1S/C18H12Cl2F3N5O3/c1-8(7-29)30-13-5-10(19)9(4-11(13)20)16-25-17(31-27-16)12-6-28-15(24-12)3-2-14(26-28)18(21,22)23/h2-6,8,29H,7H2,1H3. The fourth-order valence-corrected chi connectivity index (χ4v) is 3.06. The topological polar surface area (TPSA) is 98.6 Å². The molecule has 0 bridgehead atoms. The molecular formula is C18H12Cl2F3N5O3. The molecule has 1 unspecified atom stereocenters. The van der Waals surface area contributed by atoms with E-state index in [4.69, 9.17) is 37.6 Å². The lowest BCUT2D eigenvalue weighted by Gasteiger charge is -2.14. The molecule has 4 aromatic rings. The molecule has 0 aliphatic carbocycles. The first-order valence-electron chi connectivity index (χ1n) is 8.70. The summed E-state index contributed by atoms with van der Waals surface area (Å²) in [5.41, 5.74) is -0.422. The highest BCUT2D eigenvalue weighted by Gasteiger charge is 2.33. The first-order chi connectivity index (χ1) is 14.7. The van der Waals surface area contributed by atoms with Gasteiger partial charge in [0.2, 0.25) is 5.82 Å². The van der Waals surface area contributed by atoms with E-state index >= 15 is 0 Å². The number of alkyl halides is 3. The van der Waals surface area contributed by atoms with E-state index in [-0.39, 0.29) is 45.5 Å². The van der Waals surface area contributed by atoms with E-state index in [1.165, 1.54) is 24.4 Å². The van der Waals surface area contributed by atoms with Crippen molar-refractivity contribution in [1.29, 1.82) is 0 Å². The number of nitrogens with zero attached hydrogens (tertiary/aromatic N) is 5. The Morgan fingerprint density at radius 3 is 2.68 bits per heavy atom. The van der Waals surface area contributed by atoms with Crippen molar-refractivity contribution >= 4 is 28.8 Å². The van der Waals surface area contributed by atoms with E-state index in [0.29, 0.717) is 5.56 Å². The molecule has 1 atom stereocenters. The average molecular weight is 474 g/mol. The minimum absolute atomic E-state index is 0.0459. The Hall–Kier alpha value is -2.89. The maximum absolute atomic E-state index is 12.8. The minimum Gasteiger partial charge on any atom is -0.487 e. The van der Waals surface area contributed by atoms with Crippen LogP contribution in [-0.4, -0.2) is 42.6 Å². The van der Waals surface area contributed by atoms with Gasteiger partial charge in [-0.15, -0.1) is 0 Å². The summed E-state index contributed by atoms with van der Waals surface area (Å²) < 4.78 is 50.2. The molecule has 13 heteroatoms. The van der Waals surface area contributed by atoms with E-state index in [0.717, 1.165) is 10.6 Å². The zero-order valence-electron chi connectivity index (χ0n) is 15.6. The van der Waals surface area contributed by atoms with Crippen molar-refractivity contribution < 1.29 is 27.5 Å². The predicted octanol–water partition coefficient (Wildman–Crippen LogP) is 4.53. The Kier molecular flexibility index (Phi) is 5.50. The molecule has 1 N–H and O–H groups in total. The van der Waals surface area contributed by atoms with Gasteiger partial charge >= 0.3 is 6.18 Å². The largest absolute Gasteiger partial charge is 0.487 e. The van der Waals surface area contributed by atoms with Gasteiger partial charge in [0.25, 0.3) is 5.89 Å². The molecule has 0 fully saturated rings. The lowest BCUT2D eigenvalue weighted by Crippen LogP contribution is -2.16. The third-order valence-electron chi connectivity index (χ3n) is 4.10. The number of hydrogen-bond donors (Lipinski definition) is 1. The number of aliphatic hydroxyl groups excluding tert-OH is 1. The Labute approximate surface area is 182 Å². The van der Waals surface area contributed by atoms with Crippen molar-refractivity contribution in [1.82, 2.24) is 24.7 Å². The highest BCUT2D eigenvalue weighted by atomic mass is 35.5. The van der Waals surface area contributed by atoms with Crippen LogP contribution in [0.2, 0.25) is 10.0 Å². The fourth-order valence-electron chi connectivity index (χ4n) is 2.62. The molecule has 3 heterocycles. The molecule has 0 saturated heterocycles. The van der Waals surface area contributed by atoms with Crippen molar-refractivity contribution in [3.63, 3.8) is 0 Å². The minimum atomic E-state index is -4.59. The van der Waals surface area contributed by atoms with Crippen molar-refractivity contribution in [3.05, 3.63) is 46.2 Å². The SMILES string of the molecule is CC(CO)Oc1cc(Cl)c(-c2noc(-c3cn4nc(C(F)(F)F)ccc4n3)n2)cc1Cl.